The summed E-state index contributed by atoms with van der Waals surface area (Å²) in [6.07, 6.45) is 3.45. The van der Waals surface area contributed by atoms with Crippen molar-refractivity contribution in [3.63, 3.8) is 0 Å². The Morgan fingerprint density at radius 2 is 2.32 bits per heavy atom. The van der Waals surface area contributed by atoms with Crippen LogP contribution in [0.3, 0.4) is 0 Å². The van der Waals surface area contributed by atoms with Gasteiger partial charge in [-0.25, -0.2) is 4.68 Å². The van der Waals surface area contributed by atoms with E-state index in [1.807, 2.05) is 0 Å². The highest BCUT2D eigenvalue weighted by Gasteiger charge is 2.08. The average molecular weight is 316 g/mol. The van der Waals surface area contributed by atoms with Gasteiger partial charge < -0.3 is 4.52 Å². The van der Waals surface area contributed by atoms with Gasteiger partial charge in [-0.2, -0.15) is 5.10 Å². The van der Waals surface area contributed by atoms with Crippen LogP contribution in [0.1, 0.15) is 5.69 Å². The van der Waals surface area contributed by atoms with Crippen molar-refractivity contribution < 1.29 is 9.32 Å². The summed E-state index contributed by atoms with van der Waals surface area (Å²) in [5.41, 5.74) is 0.711. The molecule has 0 aliphatic heterocycles. The molecule has 3 rings (SSSR count). The maximum Gasteiger partial charge on any atom is 0.237 e. The first-order valence-electron chi connectivity index (χ1n) is 6.40. The first kappa shape index (κ1) is 14.3. The van der Waals surface area contributed by atoms with E-state index in [0.29, 0.717) is 22.4 Å². The standard InChI is InChI=1S/C13H12N6O2S/c1-9-7-12(21-18-9)15-11(20)8-22-13-4-3-10(16-17-13)19-6-2-5-14-19/h2-7H,8H2,1H3,(H,15,20). The fourth-order valence-electron chi connectivity index (χ4n) is 1.65. The monoisotopic (exact) mass is 316 g/mol. The topological polar surface area (TPSA) is 98.7 Å². The number of aryl methyl sites for hydroxylation is 1. The lowest BCUT2D eigenvalue weighted by Crippen LogP contribution is -2.13. The molecule has 0 fully saturated rings. The zero-order valence-corrected chi connectivity index (χ0v) is 12.4. The summed E-state index contributed by atoms with van der Waals surface area (Å²) in [5.74, 6) is 0.966. The summed E-state index contributed by atoms with van der Waals surface area (Å²) in [6, 6.07) is 7.04. The third-order valence-corrected chi connectivity index (χ3v) is 3.53. The molecule has 3 aromatic rings. The van der Waals surface area contributed by atoms with Crippen molar-refractivity contribution in [1.82, 2.24) is 25.1 Å². The molecule has 0 aliphatic carbocycles. The maximum absolute atomic E-state index is 11.8. The number of thioether (sulfide) groups is 1. The quantitative estimate of drug-likeness (QED) is 0.715. The van der Waals surface area contributed by atoms with Crippen LogP contribution in [0.4, 0.5) is 5.88 Å². The van der Waals surface area contributed by atoms with Gasteiger partial charge >= 0.3 is 0 Å². The van der Waals surface area contributed by atoms with E-state index in [4.69, 9.17) is 4.52 Å². The van der Waals surface area contributed by atoms with Crippen molar-refractivity contribution in [2.24, 2.45) is 0 Å². The lowest BCUT2D eigenvalue weighted by Gasteiger charge is -2.02. The van der Waals surface area contributed by atoms with Crippen molar-refractivity contribution in [2.75, 3.05) is 11.1 Å². The van der Waals surface area contributed by atoms with Crippen LogP contribution in [0.15, 0.2) is 46.2 Å². The van der Waals surface area contributed by atoms with Gasteiger partial charge in [0.15, 0.2) is 5.82 Å². The summed E-state index contributed by atoms with van der Waals surface area (Å²) in [5, 5.41) is 19.1. The number of carbonyl (C=O) groups excluding carboxylic acids is 1. The maximum atomic E-state index is 11.8. The van der Waals surface area contributed by atoms with E-state index in [2.05, 4.69) is 25.8 Å². The largest absolute Gasteiger partial charge is 0.338 e. The van der Waals surface area contributed by atoms with Crippen LogP contribution >= 0.6 is 11.8 Å². The van der Waals surface area contributed by atoms with Crippen LogP contribution < -0.4 is 5.32 Å². The molecule has 0 unspecified atom stereocenters. The van der Waals surface area contributed by atoms with E-state index in [0.717, 1.165) is 0 Å². The molecule has 112 valence electrons. The van der Waals surface area contributed by atoms with Gasteiger partial charge in [0.05, 0.1) is 11.4 Å². The van der Waals surface area contributed by atoms with Gasteiger partial charge in [-0.15, -0.1) is 10.2 Å². The number of nitrogens with zero attached hydrogens (tertiary/aromatic N) is 5. The van der Waals surface area contributed by atoms with Gasteiger partial charge in [-0.1, -0.05) is 16.9 Å². The van der Waals surface area contributed by atoms with Crippen LogP contribution in [-0.2, 0) is 4.79 Å². The van der Waals surface area contributed by atoms with Crippen molar-refractivity contribution >= 4 is 23.6 Å². The lowest BCUT2D eigenvalue weighted by atomic mass is 10.5. The zero-order valence-electron chi connectivity index (χ0n) is 11.6. The molecule has 0 aromatic carbocycles. The number of aromatic nitrogens is 5. The van der Waals surface area contributed by atoms with Crippen molar-refractivity contribution in [3.05, 3.63) is 42.4 Å². The molecule has 0 bridgehead atoms. The normalized spacial score (nSPS) is 10.6. The molecule has 0 aliphatic rings. The van der Waals surface area contributed by atoms with E-state index in [1.165, 1.54) is 11.8 Å². The Kier molecular flexibility index (Phi) is 4.15. The molecule has 3 aromatic heterocycles. The summed E-state index contributed by atoms with van der Waals surface area (Å²) < 4.78 is 6.53. The Hall–Kier alpha value is -2.68. The lowest BCUT2D eigenvalue weighted by molar-refractivity contribution is -0.113. The van der Waals surface area contributed by atoms with Crippen LogP contribution in [0.5, 0.6) is 0 Å². The van der Waals surface area contributed by atoms with Crippen LogP contribution in [0.25, 0.3) is 5.82 Å². The Balaban J connectivity index is 1.54. The van der Waals surface area contributed by atoms with Crippen LogP contribution in [0, 0.1) is 6.92 Å². The Morgan fingerprint density at radius 3 is 2.95 bits per heavy atom. The van der Waals surface area contributed by atoms with Crippen molar-refractivity contribution in [1.29, 1.82) is 0 Å². The molecule has 0 spiro atoms. The van der Waals surface area contributed by atoms with Gasteiger partial charge in [-0.3, -0.25) is 10.1 Å². The highest BCUT2D eigenvalue weighted by molar-refractivity contribution is 7.99. The number of carbonyl (C=O) groups is 1. The van der Waals surface area contributed by atoms with Crippen molar-refractivity contribution in [3.8, 4) is 5.82 Å². The van der Waals surface area contributed by atoms with Gasteiger partial charge in [-0.05, 0) is 25.1 Å². The molecular formula is C13H12N6O2S. The van der Waals surface area contributed by atoms with Crippen LogP contribution in [-0.4, -0.2) is 36.8 Å². The number of nitrogens with one attached hydrogen (secondary N) is 1. The van der Waals surface area contributed by atoms with Gasteiger partial charge in [0.25, 0.3) is 0 Å². The SMILES string of the molecule is Cc1cc(NC(=O)CSc2ccc(-n3cccn3)nn2)on1. The van der Waals surface area contributed by atoms with Gasteiger partial charge in [0.1, 0.15) is 5.03 Å². The molecule has 0 saturated carbocycles. The number of anilines is 1. The molecule has 0 saturated heterocycles. The number of hydrogen-bond acceptors (Lipinski definition) is 7. The molecule has 22 heavy (non-hydrogen) atoms. The molecule has 8 nitrogen and oxygen atoms in total. The third kappa shape index (κ3) is 3.50. The highest BCUT2D eigenvalue weighted by Crippen LogP contribution is 2.16. The van der Waals surface area contributed by atoms with E-state index >= 15 is 0 Å². The van der Waals surface area contributed by atoms with E-state index < -0.39 is 0 Å². The number of amides is 1. The minimum Gasteiger partial charge on any atom is -0.338 e. The zero-order chi connectivity index (χ0) is 15.4. The first-order valence-corrected chi connectivity index (χ1v) is 7.39. The summed E-state index contributed by atoms with van der Waals surface area (Å²) in [7, 11) is 0. The third-order valence-electron chi connectivity index (χ3n) is 2.61. The average Bonchev–Trinajstić information content (AvgIpc) is 3.18. The predicted octanol–water partition coefficient (Wildman–Crippen LogP) is 1.69. The summed E-state index contributed by atoms with van der Waals surface area (Å²) in [4.78, 5) is 11.8. The first-order chi connectivity index (χ1) is 10.7. The fourth-order valence-corrected chi connectivity index (χ4v) is 2.27. The number of rotatable bonds is 5. The second-order valence-electron chi connectivity index (χ2n) is 4.35. The number of hydrogen-bond donors (Lipinski definition) is 1. The summed E-state index contributed by atoms with van der Waals surface area (Å²) >= 11 is 1.28. The Morgan fingerprint density at radius 1 is 1.41 bits per heavy atom. The smallest absolute Gasteiger partial charge is 0.237 e. The van der Waals surface area contributed by atoms with E-state index in [9.17, 15) is 4.79 Å². The molecule has 3 heterocycles. The molecular weight excluding hydrogens is 304 g/mol. The van der Waals surface area contributed by atoms with Gasteiger partial charge in [0, 0.05) is 18.5 Å². The van der Waals surface area contributed by atoms with Crippen LogP contribution in [0.2, 0.25) is 0 Å². The molecule has 1 N–H and O–H groups in total. The minimum absolute atomic E-state index is 0.195. The molecule has 0 radical (unpaired) electrons. The molecule has 9 heteroatoms. The van der Waals surface area contributed by atoms with Crippen molar-refractivity contribution in [2.45, 2.75) is 11.9 Å². The fraction of sp³-hybridized carbons (Fsp3) is 0.154. The Bertz CT molecular complexity index is 753. The predicted molar refractivity (Wildman–Crippen MR) is 79.7 cm³/mol. The second-order valence-corrected chi connectivity index (χ2v) is 5.35. The second kappa shape index (κ2) is 6.39. The van der Waals surface area contributed by atoms with E-state index in [1.54, 1.807) is 48.3 Å². The molecule has 1 amide bonds. The highest BCUT2D eigenvalue weighted by atomic mass is 32.2. The van der Waals surface area contributed by atoms with E-state index in [-0.39, 0.29) is 11.7 Å². The minimum atomic E-state index is -0.195. The van der Waals surface area contributed by atoms with Gasteiger partial charge in [0.2, 0.25) is 11.8 Å². The molecule has 0 atom stereocenters. The summed E-state index contributed by atoms with van der Waals surface area (Å²) in [6.45, 7) is 1.78. The Labute approximate surface area is 129 Å².